The maximum atomic E-state index is 15.1. The van der Waals surface area contributed by atoms with Crippen molar-refractivity contribution in [2.75, 3.05) is 112 Å². The fourth-order valence-corrected chi connectivity index (χ4v) is 19.9. The van der Waals surface area contributed by atoms with Crippen LogP contribution in [0.4, 0.5) is 39.5 Å². The zero-order chi connectivity index (χ0) is 69.8. The second-order valence-electron chi connectivity index (χ2n) is 26.4. The number of fused-ring (bicyclic) bond motifs is 5. The smallest absolute Gasteiger partial charge is 0.435 e. The van der Waals surface area contributed by atoms with Crippen molar-refractivity contribution < 1.29 is 82.0 Å². The molecule has 4 aromatic rings. The van der Waals surface area contributed by atoms with E-state index in [9.17, 15) is 44.8 Å². The van der Waals surface area contributed by atoms with Crippen molar-refractivity contribution in [3.05, 3.63) is 125 Å². The summed E-state index contributed by atoms with van der Waals surface area (Å²) in [7, 11) is 6.07. The minimum absolute atomic E-state index is 0.0176. The van der Waals surface area contributed by atoms with Crippen LogP contribution in [0.1, 0.15) is 139 Å². The zero-order valence-electron chi connectivity index (χ0n) is 56.8. The highest BCUT2D eigenvalue weighted by atomic mass is 33.1. The number of nitriles is 1. The molecule has 0 spiro atoms. The van der Waals surface area contributed by atoms with Crippen molar-refractivity contribution in [1.82, 2.24) is 9.57 Å². The maximum Gasteiger partial charge on any atom is 0.435 e. The molecule has 24 heteroatoms. The summed E-state index contributed by atoms with van der Waals surface area (Å²) in [6, 6.07) is 34.9. The Balaban J connectivity index is 0.783. The molecular formula is C72H99F9N3O9PS2. The molecule has 0 aliphatic heterocycles. The van der Waals surface area contributed by atoms with Gasteiger partial charge in [-0.15, -0.1) is 0 Å². The van der Waals surface area contributed by atoms with E-state index < -0.39 is 50.1 Å². The topological polar surface area (TPSA) is 121 Å². The van der Waals surface area contributed by atoms with Crippen LogP contribution in [0.3, 0.4) is 0 Å². The number of unbranched alkanes of at least 4 members (excludes halogenated alkanes) is 1. The molecule has 0 aromatic heterocycles. The summed E-state index contributed by atoms with van der Waals surface area (Å²) in [6.07, 6.45) is -12.5. The molecular weight excluding hydrogens is 1320 g/mol. The summed E-state index contributed by atoms with van der Waals surface area (Å²) in [5.74, 6) is 4.93. The number of likely N-dealkylation sites (N-methyl/N-ethyl adjacent to an activating group) is 1. The second kappa shape index (κ2) is 36.4. The van der Waals surface area contributed by atoms with Crippen LogP contribution in [0.5, 0.6) is 17.2 Å². The molecule has 3 aliphatic carbocycles. The normalized spacial score (nSPS) is 19.8. The van der Waals surface area contributed by atoms with Gasteiger partial charge in [0.25, 0.3) is 0 Å². The fraction of sp³-hybridized carbons (Fsp3) is 0.653. The van der Waals surface area contributed by atoms with E-state index in [0.29, 0.717) is 71.0 Å². The SMILES string of the molecule is COc1ccc(C(OCC(CCCCN(C)CCOCCSSCCOCCCOc2ccc3c(c2)CCC2C3CC[C@@]3(C)C2CC[C@@H]3OCCCOC(C(F)(F)F)(C(F)(F)F)C(F)(F)F)CN(CCC#N)P(=O)(C(C)C)C(C)C)(c2ccccc2)c2ccc(OC)cc2)cc1. The number of hydrogen-bond acceptors (Lipinski definition) is 13. The van der Waals surface area contributed by atoms with Crippen molar-refractivity contribution in [2.45, 2.75) is 165 Å². The number of ether oxygens (including phenoxy) is 8. The number of benzene rings is 4. The van der Waals surface area contributed by atoms with Crippen LogP contribution in [0, 0.1) is 34.5 Å². The van der Waals surface area contributed by atoms with Crippen molar-refractivity contribution in [3.8, 4) is 23.3 Å². The first-order valence-electron chi connectivity index (χ1n) is 33.7. The lowest BCUT2D eigenvalue weighted by Gasteiger charge is -2.50. The van der Waals surface area contributed by atoms with Crippen LogP contribution in [0.15, 0.2) is 97.1 Å². The standard InChI is InChI=1S/C72H99F9N3O9PS2/c1-52(2)94(85,53(3)4)84(38-14-36-82)50-54(51-93-68(56-18-10-9-11-19-56,57-21-25-59(86-7)26-22-57)58-23-27-60(87-8)28-24-58)17-12-13-37-83(6)39-44-89-46-48-96-95-47-45-88-40-15-41-90-61-29-31-62-55(49-61)20-30-64-63(62)34-35-67(5)65(64)32-33-66(67)91-42-16-43-92-69(70(73,74)75,71(76,77)78)72(79,80)81/h9-11,18-19,21-29,31,49,52-54,63-66H,12-17,20,30,32-35,37-48,50-51H2,1-8H3/t54?,63?,64?,65?,66-,67-/m0/s1. The summed E-state index contributed by atoms with van der Waals surface area (Å²) < 4.78 is 183. The zero-order valence-corrected chi connectivity index (χ0v) is 59.4. The van der Waals surface area contributed by atoms with Gasteiger partial charge in [-0.25, -0.2) is 0 Å². The highest BCUT2D eigenvalue weighted by Crippen LogP contribution is 2.63. The monoisotopic (exact) mass is 1420 g/mol. The summed E-state index contributed by atoms with van der Waals surface area (Å²) in [4.78, 5) is 2.31. The van der Waals surface area contributed by atoms with E-state index in [1.54, 1.807) is 35.8 Å². The van der Waals surface area contributed by atoms with Gasteiger partial charge < -0.3 is 47.4 Å². The third-order valence-electron chi connectivity index (χ3n) is 19.7. The van der Waals surface area contributed by atoms with Gasteiger partial charge in [-0.2, -0.15) is 44.8 Å². The molecule has 0 radical (unpaired) electrons. The molecule has 6 atom stereocenters. The van der Waals surface area contributed by atoms with E-state index in [4.69, 9.17) is 33.2 Å². The first-order valence-corrected chi connectivity index (χ1v) is 38.0. The lowest BCUT2D eigenvalue weighted by atomic mass is 9.55. The fourth-order valence-electron chi connectivity index (χ4n) is 14.8. The van der Waals surface area contributed by atoms with Crippen LogP contribution in [0.2, 0.25) is 0 Å². The average molecular weight is 1420 g/mol. The Bertz CT molecular complexity index is 2960. The Labute approximate surface area is 570 Å². The Morgan fingerprint density at radius 1 is 0.646 bits per heavy atom. The molecule has 7 rings (SSSR count). The maximum absolute atomic E-state index is 15.1. The number of alkyl halides is 9. The number of aryl methyl sites for hydroxylation is 1. The summed E-state index contributed by atoms with van der Waals surface area (Å²) in [5.41, 5.74) is -2.36. The summed E-state index contributed by atoms with van der Waals surface area (Å²) in [6.45, 7) is 14.5. The quantitative estimate of drug-likeness (QED) is 0.0138. The first kappa shape index (κ1) is 79.1. The second-order valence-corrected chi connectivity index (χ2v) is 33.0. The number of halogens is 9. The van der Waals surface area contributed by atoms with E-state index >= 15 is 4.57 Å². The van der Waals surface area contributed by atoms with Crippen LogP contribution in [-0.2, 0) is 40.3 Å². The van der Waals surface area contributed by atoms with Crippen LogP contribution in [0.25, 0.3) is 0 Å². The van der Waals surface area contributed by atoms with Gasteiger partial charge in [0.05, 0.1) is 66.0 Å². The molecule has 0 amide bonds. The van der Waals surface area contributed by atoms with Crippen LogP contribution < -0.4 is 14.2 Å². The minimum Gasteiger partial charge on any atom is -0.497 e. The number of rotatable bonds is 41. The summed E-state index contributed by atoms with van der Waals surface area (Å²) in [5, 5.41) is 9.81. The van der Waals surface area contributed by atoms with E-state index in [0.717, 1.165) is 116 Å². The molecule has 3 aliphatic rings. The van der Waals surface area contributed by atoms with Gasteiger partial charge in [0.2, 0.25) is 0 Å². The highest BCUT2D eigenvalue weighted by molar-refractivity contribution is 8.76. The van der Waals surface area contributed by atoms with E-state index in [2.05, 4.69) is 82.9 Å². The van der Waals surface area contributed by atoms with E-state index in [1.807, 2.05) is 76.2 Å². The molecule has 0 saturated heterocycles. The predicted molar refractivity (Wildman–Crippen MR) is 362 cm³/mol. The lowest BCUT2D eigenvalue weighted by molar-refractivity contribution is -0.457. The molecule has 12 nitrogen and oxygen atoms in total. The molecule has 536 valence electrons. The van der Waals surface area contributed by atoms with E-state index in [-0.39, 0.29) is 47.7 Å². The number of nitrogens with zero attached hydrogens (tertiary/aromatic N) is 3. The highest BCUT2D eigenvalue weighted by Gasteiger charge is 2.85. The van der Waals surface area contributed by atoms with Gasteiger partial charge in [0.1, 0.15) is 22.8 Å². The van der Waals surface area contributed by atoms with Gasteiger partial charge in [-0.1, -0.05) is 123 Å². The Morgan fingerprint density at radius 2 is 1.23 bits per heavy atom. The van der Waals surface area contributed by atoms with Gasteiger partial charge >= 0.3 is 24.1 Å². The van der Waals surface area contributed by atoms with Crippen molar-refractivity contribution >= 4 is 28.9 Å². The van der Waals surface area contributed by atoms with Gasteiger partial charge in [-0.05, 0) is 165 Å². The van der Waals surface area contributed by atoms with Crippen molar-refractivity contribution in [1.29, 1.82) is 5.26 Å². The third-order valence-corrected chi connectivity index (χ3v) is 26.3. The number of hydrogen-bond donors (Lipinski definition) is 0. The molecule has 4 aromatic carbocycles. The number of methoxy groups -OCH3 is 2. The predicted octanol–water partition coefficient (Wildman–Crippen LogP) is 18.0. The van der Waals surface area contributed by atoms with Gasteiger partial charge in [0.15, 0.2) is 7.29 Å². The van der Waals surface area contributed by atoms with Gasteiger partial charge in [0, 0.05) is 68.5 Å². The molecule has 2 fully saturated rings. The average Bonchev–Trinajstić information content (AvgIpc) is 1.00. The third kappa shape index (κ3) is 19.4. The molecule has 4 unspecified atom stereocenters. The largest absolute Gasteiger partial charge is 0.497 e. The Hall–Kier alpha value is -4.21. The molecule has 2 saturated carbocycles. The minimum atomic E-state index is -6.76. The lowest BCUT2D eigenvalue weighted by Crippen LogP contribution is -2.67. The molecule has 96 heavy (non-hydrogen) atoms. The van der Waals surface area contributed by atoms with Crippen LogP contribution >= 0.6 is 28.9 Å². The Morgan fingerprint density at radius 3 is 1.81 bits per heavy atom. The van der Waals surface area contributed by atoms with Crippen molar-refractivity contribution in [3.63, 3.8) is 0 Å². The first-order chi connectivity index (χ1) is 45.7. The van der Waals surface area contributed by atoms with E-state index in [1.165, 1.54) is 11.1 Å². The van der Waals surface area contributed by atoms with Gasteiger partial charge in [-0.3, -0.25) is 4.67 Å². The van der Waals surface area contributed by atoms with Crippen molar-refractivity contribution in [2.24, 2.45) is 23.2 Å². The summed E-state index contributed by atoms with van der Waals surface area (Å²) >= 11 is 0. The molecule has 0 N–H and O–H groups in total. The molecule has 0 bridgehead atoms. The van der Waals surface area contributed by atoms with Crippen LogP contribution in [-0.4, -0.2) is 163 Å². The molecule has 0 heterocycles. The Kier molecular flexibility index (Phi) is 30.0.